The molecule has 0 atom stereocenters. The number of benzene rings is 1. The van der Waals surface area contributed by atoms with Crippen LogP contribution in [0, 0.1) is 0 Å². The fraction of sp³-hybridized carbons (Fsp3) is 0.500. The summed E-state index contributed by atoms with van der Waals surface area (Å²) in [5, 5.41) is 1.45. The average Bonchev–Trinajstić information content (AvgIpc) is 2.20. The normalized spacial score (nSPS) is 10.5. The summed E-state index contributed by atoms with van der Waals surface area (Å²) in [5.74, 6) is 0.532. The monoisotopic (exact) mass is 280 g/mol. The van der Waals surface area contributed by atoms with Crippen LogP contribution in [0.5, 0.6) is 5.75 Å². The van der Waals surface area contributed by atoms with Gasteiger partial charge < -0.3 is 4.74 Å². The Morgan fingerprint density at radius 1 is 1.00 bits per heavy atom. The van der Waals surface area contributed by atoms with Gasteiger partial charge in [0.1, 0.15) is 0 Å². The van der Waals surface area contributed by atoms with Crippen LogP contribution < -0.4 is 4.74 Å². The standard InChI is InChI=1S/C12H15Cl3O/c1-2-3-4-5-6-16-12-10(14)7-9(13)8-11(12)15/h7-8H,2-6H2,1H3. The molecule has 0 unspecified atom stereocenters. The zero-order chi connectivity index (χ0) is 12.0. The second-order valence-electron chi connectivity index (χ2n) is 3.61. The first-order valence-corrected chi connectivity index (χ1v) is 6.56. The van der Waals surface area contributed by atoms with E-state index >= 15 is 0 Å². The van der Waals surface area contributed by atoms with E-state index in [1.807, 2.05) is 0 Å². The fourth-order valence-corrected chi connectivity index (χ4v) is 2.30. The van der Waals surface area contributed by atoms with Crippen molar-refractivity contribution in [1.29, 1.82) is 0 Å². The lowest BCUT2D eigenvalue weighted by molar-refractivity contribution is 0.305. The topological polar surface area (TPSA) is 9.23 Å². The van der Waals surface area contributed by atoms with Crippen molar-refractivity contribution in [1.82, 2.24) is 0 Å². The maximum Gasteiger partial charge on any atom is 0.156 e. The summed E-state index contributed by atoms with van der Waals surface area (Å²) in [6, 6.07) is 3.27. The number of rotatable bonds is 6. The van der Waals surface area contributed by atoms with E-state index in [1.54, 1.807) is 12.1 Å². The van der Waals surface area contributed by atoms with Gasteiger partial charge in [0.2, 0.25) is 0 Å². The molecular weight excluding hydrogens is 266 g/mol. The zero-order valence-corrected chi connectivity index (χ0v) is 11.5. The van der Waals surface area contributed by atoms with Crippen molar-refractivity contribution in [3.8, 4) is 5.75 Å². The van der Waals surface area contributed by atoms with Gasteiger partial charge in [-0.2, -0.15) is 0 Å². The van der Waals surface area contributed by atoms with Crippen LogP contribution in [-0.4, -0.2) is 6.61 Å². The van der Waals surface area contributed by atoms with Crippen LogP contribution in [0.15, 0.2) is 12.1 Å². The van der Waals surface area contributed by atoms with E-state index in [1.165, 1.54) is 19.3 Å². The predicted molar refractivity (Wildman–Crippen MR) is 71.1 cm³/mol. The molecule has 0 spiro atoms. The third-order valence-corrected chi connectivity index (χ3v) is 2.99. The number of hydrogen-bond acceptors (Lipinski definition) is 1. The minimum atomic E-state index is 0.466. The van der Waals surface area contributed by atoms with Crippen molar-refractivity contribution < 1.29 is 4.74 Å². The van der Waals surface area contributed by atoms with E-state index in [9.17, 15) is 0 Å². The Labute approximate surface area is 112 Å². The molecule has 0 aliphatic carbocycles. The van der Waals surface area contributed by atoms with Crippen molar-refractivity contribution in [3.05, 3.63) is 27.2 Å². The Morgan fingerprint density at radius 3 is 2.19 bits per heavy atom. The van der Waals surface area contributed by atoms with Crippen LogP contribution in [0.2, 0.25) is 15.1 Å². The van der Waals surface area contributed by atoms with Crippen molar-refractivity contribution >= 4 is 34.8 Å². The van der Waals surface area contributed by atoms with E-state index in [2.05, 4.69) is 6.92 Å². The molecule has 0 radical (unpaired) electrons. The summed E-state index contributed by atoms with van der Waals surface area (Å²) in [6.45, 7) is 2.81. The van der Waals surface area contributed by atoms with Gasteiger partial charge in [0.25, 0.3) is 0 Å². The predicted octanol–water partition coefficient (Wildman–Crippen LogP) is 5.61. The van der Waals surface area contributed by atoms with Crippen LogP contribution in [0.1, 0.15) is 32.6 Å². The van der Waals surface area contributed by atoms with Crippen molar-refractivity contribution in [2.24, 2.45) is 0 Å². The van der Waals surface area contributed by atoms with E-state index in [0.29, 0.717) is 27.4 Å². The van der Waals surface area contributed by atoms with Crippen molar-refractivity contribution in [3.63, 3.8) is 0 Å². The molecule has 1 rings (SSSR count). The van der Waals surface area contributed by atoms with E-state index in [4.69, 9.17) is 39.5 Å². The lowest BCUT2D eigenvalue weighted by Gasteiger charge is -2.10. The van der Waals surface area contributed by atoms with Gasteiger partial charge in [-0.1, -0.05) is 61.0 Å². The second-order valence-corrected chi connectivity index (χ2v) is 4.86. The van der Waals surface area contributed by atoms with Gasteiger partial charge in [-0.25, -0.2) is 0 Å². The minimum absolute atomic E-state index is 0.466. The summed E-state index contributed by atoms with van der Waals surface area (Å²) >= 11 is 17.8. The third kappa shape index (κ3) is 4.40. The van der Waals surface area contributed by atoms with Gasteiger partial charge in [0, 0.05) is 5.02 Å². The molecule has 0 N–H and O–H groups in total. The Balaban J connectivity index is 2.47. The molecule has 0 amide bonds. The molecule has 16 heavy (non-hydrogen) atoms. The molecular formula is C12H15Cl3O. The lowest BCUT2D eigenvalue weighted by Crippen LogP contribution is -1.98. The molecule has 1 aromatic rings. The molecule has 0 heterocycles. The number of unbranched alkanes of at least 4 members (excludes halogenated alkanes) is 3. The van der Waals surface area contributed by atoms with E-state index in [-0.39, 0.29) is 0 Å². The van der Waals surface area contributed by atoms with Crippen LogP contribution in [0.4, 0.5) is 0 Å². The highest BCUT2D eigenvalue weighted by Crippen LogP contribution is 2.35. The molecule has 0 aromatic heterocycles. The first-order chi connectivity index (χ1) is 7.65. The van der Waals surface area contributed by atoms with Gasteiger partial charge in [-0.3, -0.25) is 0 Å². The highest BCUT2D eigenvalue weighted by atomic mass is 35.5. The van der Waals surface area contributed by atoms with Crippen LogP contribution in [-0.2, 0) is 0 Å². The van der Waals surface area contributed by atoms with Crippen molar-refractivity contribution in [2.75, 3.05) is 6.61 Å². The fourth-order valence-electron chi connectivity index (χ4n) is 1.37. The van der Waals surface area contributed by atoms with Crippen LogP contribution in [0.3, 0.4) is 0 Å². The maximum absolute atomic E-state index is 5.98. The Kier molecular flexibility index (Phi) is 6.33. The summed E-state index contributed by atoms with van der Waals surface area (Å²) in [5.41, 5.74) is 0. The summed E-state index contributed by atoms with van der Waals surface area (Å²) in [4.78, 5) is 0. The molecule has 0 aliphatic rings. The lowest BCUT2D eigenvalue weighted by atomic mass is 10.2. The van der Waals surface area contributed by atoms with Gasteiger partial charge in [0.15, 0.2) is 5.75 Å². The summed E-state index contributed by atoms with van der Waals surface area (Å²) in [7, 11) is 0. The molecule has 0 saturated heterocycles. The zero-order valence-electron chi connectivity index (χ0n) is 9.23. The van der Waals surface area contributed by atoms with Gasteiger partial charge in [0.05, 0.1) is 16.7 Å². The molecule has 4 heteroatoms. The van der Waals surface area contributed by atoms with Crippen LogP contribution in [0.25, 0.3) is 0 Å². The Morgan fingerprint density at radius 2 is 1.62 bits per heavy atom. The van der Waals surface area contributed by atoms with Crippen LogP contribution >= 0.6 is 34.8 Å². The first kappa shape index (κ1) is 14.0. The average molecular weight is 282 g/mol. The molecule has 1 aromatic carbocycles. The molecule has 0 aliphatic heterocycles. The largest absolute Gasteiger partial charge is 0.490 e. The van der Waals surface area contributed by atoms with E-state index < -0.39 is 0 Å². The van der Waals surface area contributed by atoms with Gasteiger partial charge in [-0.15, -0.1) is 0 Å². The number of halogens is 3. The molecule has 0 saturated carbocycles. The highest BCUT2D eigenvalue weighted by molar-refractivity contribution is 6.40. The maximum atomic E-state index is 5.98. The third-order valence-electron chi connectivity index (χ3n) is 2.21. The molecule has 0 bridgehead atoms. The number of ether oxygens (including phenoxy) is 1. The van der Waals surface area contributed by atoms with Gasteiger partial charge in [-0.05, 0) is 18.6 Å². The minimum Gasteiger partial charge on any atom is -0.490 e. The molecule has 0 fully saturated rings. The smallest absolute Gasteiger partial charge is 0.156 e. The summed E-state index contributed by atoms with van der Waals surface area (Å²) in [6.07, 6.45) is 4.62. The Bertz CT molecular complexity index is 316. The second kappa shape index (κ2) is 7.26. The number of hydrogen-bond donors (Lipinski definition) is 0. The molecule has 1 nitrogen and oxygen atoms in total. The Hall–Kier alpha value is -0.110. The SMILES string of the molecule is CCCCCCOc1c(Cl)cc(Cl)cc1Cl. The van der Waals surface area contributed by atoms with E-state index in [0.717, 1.165) is 6.42 Å². The van der Waals surface area contributed by atoms with Gasteiger partial charge >= 0.3 is 0 Å². The summed E-state index contributed by atoms with van der Waals surface area (Å²) < 4.78 is 5.55. The quantitative estimate of drug-likeness (QED) is 0.616. The molecule has 90 valence electrons. The van der Waals surface area contributed by atoms with Crippen molar-refractivity contribution in [2.45, 2.75) is 32.6 Å². The highest BCUT2D eigenvalue weighted by Gasteiger charge is 2.08. The first-order valence-electron chi connectivity index (χ1n) is 5.42.